The van der Waals surface area contributed by atoms with Crippen molar-refractivity contribution in [3.05, 3.63) is 35.2 Å². The molecule has 25 heavy (non-hydrogen) atoms. The smallest absolute Gasteiger partial charge is 0.300 e. The Kier molecular flexibility index (Phi) is 3.60. The number of rotatable bonds is 2. The lowest BCUT2D eigenvalue weighted by molar-refractivity contribution is -0.115. The average Bonchev–Trinajstić information content (AvgIpc) is 2.80. The zero-order valence-electron chi connectivity index (χ0n) is 14.8. The molecule has 0 aromatic heterocycles. The number of piperazine rings is 1. The van der Waals surface area contributed by atoms with Crippen molar-refractivity contribution in [3.63, 3.8) is 0 Å². The molecule has 1 amide bonds. The number of hydrogen-bond donors (Lipinski definition) is 0. The summed E-state index contributed by atoms with van der Waals surface area (Å²) < 4.78 is 14.1. The maximum Gasteiger partial charge on any atom is 0.300 e. The lowest BCUT2D eigenvalue weighted by Crippen LogP contribution is -2.49. The molecule has 1 aromatic rings. The van der Waals surface area contributed by atoms with Crippen LogP contribution in [0.4, 0.5) is 10.1 Å². The number of likely N-dealkylation sites (N-methyl/N-ethyl adjacent to an activating group) is 1. The van der Waals surface area contributed by atoms with E-state index in [0.717, 1.165) is 31.8 Å². The van der Waals surface area contributed by atoms with E-state index in [1.54, 1.807) is 0 Å². The first-order valence-corrected chi connectivity index (χ1v) is 8.63. The third-order valence-electron chi connectivity index (χ3n) is 5.38. The third-order valence-corrected chi connectivity index (χ3v) is 5.38. The molecule has 0 N–H and O–H groups in total. The molecule has 1 saturated heterocycles. The van der Waals surface area contributed by atoms with Crippen molar-refractivity contribution >= 4 is 23.0 Å². The van der Waals surface area contributed by atoms with Crippen molar-refractivity contribution in [2.45, 2.75) is 19.4 Å². The number of anilines is 1. The van der Waals surface area contributed by atoms with Crippen LogP contribution in [0.3, 0.4) is 0 Å². The number of hydrogen-bond acceptors (Lipinski definition) is 4. The van der Waals surface area contributed by atoms with E-state index in [9.17, 15) is 14.0 Å². The molecule has 3 aliphatic heterocycles. The number of benzene rings is 1. The van der Waals surface area contributed by atoms with E-state index < -0.39 is 23.0 Å². The molecular weight excluding hydrogens is 321 g/mol. The number of ketones is 1. The van der Waals surface area contributed by atoms with Crippen molar-refractivity contribution in [3.8, 4) is 0 Å². The first-order chi connectivity index (χ1) is 11.8. The van der Waals surface area contributed by atoms with Gasteiger partial charge in [-0.15, -0.1) is 0 Å². The number of amides is 1. The third kappa shape index (κ3) is 2.51. The minimum atomic E-state index is -0.613. The monoisotopic (exact) mass is 343 g/mol. The first-order valence-electron chi connectivity index (χ1n) is 8.63. The van der Waals surface area contributed by atoms with Gasteiger partial charge in [0.1, 0.15) is 5.82 Å². The van der Waals surface area contributed by atoms with Crippen molar-refractivity contribution in [1.29, 1.82) is 0 Å². The SMILES string of the molecule is CN1CCN(CC2=CC(C)(C)N3C(=O)C(=O)c4cc(F)cc2c43)CC1. The Morgan fingerprint density at radius 2 is 1.72 bits per heavy atom. The maximum atomic E-state index is 14.1. The fourth-order valence-corrected chi connectivity index (χ4v) is 4.07. The molecule has 5 nitrogen and oxygen atoms in total. The van der Waals surface area contributed by atoms with Gasteiger partial charge in [0.2, 0.25) is 0 Å². The Labute approximate surface area is 146 Å². The Morgan fingerprint density at radius 3 is 2.40 bits per heavy atom. The van der Waals surface area contributed by atoms with Gasteiger partial charge in [0.15, 0.2) is 0 Å². The van der Waals surface area contributed by atoms with Crippen LogP contribution in [0.2, 0.25) is 0 Å². The molecule has 1 fully saturated rings. The lowest BCUT2D eigenvalue weighted by Gasteiger charge is -2.40. The van der Waals surface area contributed by atoms with Gasteiger partial charge in [-0.05, 0) is 38.6 Å². The molecule has 0 unspecified atom stereocenters. The molecule has 6 heteroatoms. The summed E-state index contributed by atoms with van der Waals surface area (Å²) in [5.41, 5.74) is 1.83. The van der Waals surface area contributed by atoms with E-state index >= 15 is 0 Å². The van der Waals surface area contributed by atoms with E-state index in [2.05, 4.69) is 16.8 Å². The van der Waals surface area contributed by atoms with Crippen LogP contribution in [0.15, 0.2) is 18.2 Å². The molecule has 3 aliphatic rings. The summed E-state index contributed by atoms with van der Waals surface area (Å²) in [5, 5.41) is 0. The van der Waals surface area contributed by atoms with Crippen molar-refractivity contribution < 1.29 is 14.0 Å². The summed E-state index contributed by atoms with van der Waals surface area (Å²) in [5.74, 6) is -1.65. The van der Waals surface area contributed by atoms with Crippen molar-refractivity contribution in [2.75, 3.05) is 44.7 Å². The van der Waals surface area contributed by atoms with Gasteiger partial charge in [-0.3, -0.25) is 19.4 Å². The summed E-state index contributed by atoms with van der Waals surface area (Å²) in [4.78, 5) is 30.9. The molecule has 0 saturated carbocycles. The molecule has 1 aromatic carbocycles. The van der Waals surface area contributed by atoms with Crippen LogP contribution in [-0.4, -0.2) is 66.8 Å². The summed E-state index contributed by atoms with van der Waals surface area (Å²) in [7, 11) is 2.11. The first kappa shape index (κ1) is 16.4. The Hall–Kier alpha value is -2.05. The second-order valence-corrected chi connectivity index (χ2v) is 7.72. The molecule has 0 aliphatic carbocycles. The normalized spacial score (nSPS) is 23.0. The lowest BCUT2D eigenvalue weighted by atomic mass is 9.88. The highest BCUT2D eigenvalue weighted by molar-refractivity contribution is 6.53. The summed E-state index contributed by atoms with van der Waals surface area (Å²) in [6, 6.07) is 2.64. The van der Waals surface area contributed by atoms with E-state index in [1.165, 1.54) is 17.0 Å². The second kappa shape index (κ2) is 5.47. The summed E-state index contributed by atoms with van der Waals surface area (Å²) in [6.45, 7) is 8.44. The average molecular weight is 343 g/mol. The summed E-state index contributed by atoms with van der Waals surface area (Å²) >= 11 is 0. The highest BCUT2D eigenvalue weighted by atomic mass is 19.1. The predicted octanol–water partition coefficient (Wildman–Crippen LogP) is 1.78. The van der Waals surface area contributed by atoms with Gasteiger partial charge in [0.05, 0.1) is 16.8 Å². The van der Waals surface area contributed by atoms with Crippen LogP contribution >= 0.6 is 0 Å². The van der Waals surface area contributed by atoms with Crippen molar-refractivity contribution in [1.82, 2.24) is 9.80 Å². The molecule has 4 rings (SSSR count). The molecule has 3 heterocycles. The van der Waals surface area contributed by atoms with Crippen LogP contribution in [0, 0.1) is 5.82 Å². The number of halogens is 1. The maximum absolute atomic E-state index is 14.1. The fourth-order valence-electron chi connectivity index (χ4n) is 4.07. The van der Waals surface area contributed by atoms with Crippen molar-refractivity contribution in [2.24, 2.45) is 0 Å². The van der Waals surface area contributed by atoms with Gasteiger partial charge in [-0.1, -0.05) is 6.08 Å². The van der Waals surface area contributed by atoms with Crippen LogP contribution in [0.25, 0.3) is 5.57 Å². The molecular formula is C19H22FN3O2. The highest BCUT2D eigenvalue weighted by Gasteiger charge is 2.47. The van der Waals surface area contributed by atoms with Gasteiger partial charge >= 0.3 is 0 Å². The van der Waals surface area contributed by atoms with Gasteiger partial charge in [-0.25, -0.2) is 4.39 Å². The van der Waals surface area contributed by atoms with Crippen LogP contribution < -0.4 is 4.90 Å². The second-order valence-electron chi connectivity index (χ2n) is 7.72. The number of Topliss-reactive ketones (excluding diaryl/α,β-unsaturated/α-hetero) is 1. The van der Waals surface area contributed by atoms with E-state index in [0.29, 0.717) is 17.8 Å². The highest BCUT2D eigenvalue weighted by Crippen LogP contribution is 2.45. The van der Waals surface area contributed by atoms with E-state index in [4.69, 9.17) is 0 Å². The van der Waals surface area contributed by atoms with Gasteiger partial charge in [0, 0.05) is 38.3 Å². The molecule has 0 atom stereocenters. The van der Waals surface area contributed by atoms with Crippen LogP contribution in [0.5, 0.6) is 0 Å². The summed E-state index contributed by atoms with van der Waals surface area (Å²) in [6.07, 6.45) is 2.01. The van der Waals surface area contributed by atoms with Crippen LogP contribution in [-0.2, 0) is 4.79 Å². The predicted molar refractivity (Wildman–Crippen MR) is 94.2 cm³/mol. The number of carbonyl (C=O) groups is 2. The van der Waals surface area contributed by atoms with Gasteiger partial charge in [0.25, 0.3) is 11.7 Å². The molecule has 132 valence electrons. The zero-order valence-corrected chi connectivity index (χ0v) is 14.8. The Morgan fingerprint density at radius 1 is 1.08 bits per heavy atom. The molecule has 0 radical (unpaired) electrons. The van der Waals surface area contributed by atoms with Gasteiger partial charge < -0.3 is 4.90 Å². The van der Waals surface area contributed by atoms with E-state index in [1.807, 2.05) is 19.9 Å². The minimum Gasteiger partial charge on any atom is -0.304 e. The minimum absolute atomic E-state index is 0.192. The number of carbonyl (C=O) groups excluding carboxylic acids is 2. The topological polar surface area (TPSA) is 43.9 Å². The Balaban J connectivity index is 1.78. The zero-order chi connectivity index (χ0) is 17.9. The standard InChI is InChI=1S/C19H22FN3O2/c1-19(2)10-12(11-22-6-4-21(3)5-7-22)14-8-13(20)9-15-16(14)23(19)18(25)17(15)24/h8-10H,4-7,11H2,1-3H3. The number of nitrogens with zero attached hydrogens (tertiary/aromatic N) is 3. The molecule has 0 spiro atoms. The van der Waals surface area contributed by atoms with Gasteiger partial charge in [-0.2, -0.15) is 0 Å². The quantitative estimate of drug-likeness (QED) is 0.768. The van der Waals surface area contributed by atoms with E-state index in [-0.39, 0.29) is 5.56 Å². The Bertz CT molecular complexity index is 807. The molecule has 0 bridgehead atoms. The van der Waals surface area contributed by atoms with Crippen LogP contribution in [0.1, 0.15) is 29.8 Å². The largest absolute Gasteiger partial charge is 0.304 e. The fraction of sp³-hybridized carbons (Fsp3) is 0.474.